The highest BCUT2D eigenvalue weighted by atomic mass is 35.5. The molecule has 2 unspecified atom stereocenters. The quantitative estimate of drug-likeness (QED) is 0.251. The van der Waals surface area contributed by atoms with Crippen LogP contribution in [0, 0.1) is 0 Å². The minimum atomic E-state index is -1.77. The van der Waals surface area contributed by atoms with Gasteiger partial charge in [0.25, 0.3) is 11.8 Å². The monoisotopic (exact) mass is 558 g/mol. The van der Waals surface area contributed by atoms with Gasteiger partial charge in [0.1, 0.15) is 5.75 Å². The maximum Gasteiger partial charge on any atom is 0.254 e. The van der Waals surface area contributed by atoms with Gasteiger partial charge in [-0.1, -0.05) is 29.3 Å². The minimum absolute atomic E-state index is 0.177. The number of hydrogen-bond donors (Lipinski definition) is 5. The highest BCUT2D eigenvalue weighted by Crippen LogP contribution is 2.39. The van der Waals surface area contributed by atoms with Crippen molar-refractivity contribution < 1.29 is 14.3 Å². The SMILES string of the molecule is NC(=O)C1(c2c(Cl)cccc2Cl)NC=NC1C(=O)Nc1nc2ccc(OCCCN3CCNCC3)cc2[nH]1. The molecule has 3 aromatic rings. The number of ether oxygens (including phenoxy) is 1. The van der Waals surface area contributed by atoms with Crippen LogP contribution in [0.25, 0.3) is 11.0 Å². The van der Waals surface area contributed by atoms with Crippen LogP contribution in [0.3, 0.4) is 0 Å². The predicted octanol–water partition coefficient (Wildman–Crippen LogP) is 1.86. The lowest BCUT2D eigenvalue weighted by Crippen LogP contribution is -2.59. The van der Waals surface area contributed by atoms with E-state index < -0.39 is 23.4 Å². The van der Waals surface area contributed by atoms with Crippen LogP contribution in [-0.4, -0.2) is 78.4 Å². The molecule has 2 amide bonds. The standard InChI is InChI=1S/C25H28Cl2N8O3/c26-16-3-1-4-17(27)20(16)25(23(28)37)21(30-14-31-25)22(36)34-24-32-18-6-5-15(13-19(18)33-24)38-12-2-9-35-10-7-29-8-11-35/h1,3-6,13-14,21,29H,2,7-12H2,(H2,28,37)(H,30,31)(H2,32,33,34,36). The Kier molecular flexibility index (Phi) is 7.70. The van der Waals surface area contributed by atoms with Crippen LogP contribution in [0.4, 0.5) is 5.95 Å². The van der Waals surface area contributed by atoms with Crippen LogP contribution in [0.1, 0.15) is 12.0 Å². The van der Waals surface area contributed by atoms with Crippen LogP contribution in [-0.2, 0) is 15.1 Å². The average Bonchev–Trinajstić information content (AvgIpc) is 3.52. The number of piperazine rings is 1. The van der Waals surface area contributed by atoms with E-state index >= 15 is 0 Å². The summed E-state index contributed by atoms with van der Waals surface area (Å²) in [5, 5.41) is 9.21. The normalized spacial score (nSPS) is 21.4. The molecule has 2 aliphatic heterocycles. The first-order valence-electron chi connectivity index (χ1n) is 12.3. The molecule has 0 bridgehead atoms. The molecule has 2 atom stereocenters. The van der Waals surface area contributed by atoms with E-state index in [2.05, 4.69) is 35.8 Å². The van der Waals surface area contributed by atoms with Crippen LogP contribution >= 0.6 is 23.2 Å². The van der Waals surface area contributed by atoms with Crippen molar-refractivity contribution in [2.45, 2.75) is 18.0 Å². The molecule has 13 heteroatoms. The number of carbonyl (C=O) groups is 2. The van der Waals surface area contributed by atoms with Crippen LogP contribution < -0.4 is 26.4 Å². The second kappa shape index (κ2) is 11.2. The number of imidazole rings is 1. The Bertz CT molecular complexity index is 1350. The van der Waals surface area contributed by atoms with Gasteiger partial charge in [-0.15, -0.1) is 0 Å². The predicted molar refractivity (Wildman–Crippen MR) is 147 cm³/mol. The first-order valence-corrected chi connectivity index (χ1v) is 13.0. The number of amides is 2. The number of rotatable bonds is 9. The third kappa shape index (κ3) is 5.14. The third-order valence-corrected chi connectivity index (χ3v) is 7.34. The maximum absolute atomic E-state index is 13.3. The Labute approximate surface area is 229 Å². The number of nitrogens with two attached hydrogens (primary N) is 1. The van der Waals surface area contributed by atoms with E-state index in [9.17, 15) is 9.59 Å². The summed E-state index contributed by atoms with van der Waals surface area (Å²) in [7, 11) is 0. The van der Waals surface area contributed by atoms with E-state index in [1.54, 1.807) is 24.3 Å². The first kappa shape index (κ1) is 26.2. The van der Waals surface area contributed by atoms with E-state index in [1.807, 2.05) is 12.1 Å². The lowest BCUT2D eigenvalue weighted by atomic mass is 9.82. The highest BCUT2D eigenvalue weighted by Gasteiger charge is 2.54. The molecule has 2 aliphatic rings. The number of nitrogens with zero attached hydrogens (tertiary/aromatic N) is 3. The Hall–Kier alpha value is -3.38. The van der Waals surface area contributed by atoms with Crippen molar-refractivity contribution in [3.05, 3.63) is 52.0 Å². The molecule has 1 fully saturated rings. The van der Waals surface area contributed by atoms with Crippen LogP contribution in [0.5, 0.6) is 5.75 Å². The summed E-state index contributed by atoms with van der Waals surface area (Å²) < 4.78 is 5.92. The summed E-state index contributed by atoms with van der Waals surface area (Å²) in [5.74, 6) is -0.588. The van der Waals surface area contributed by atoms with Crippen molar-refractivity contribution in [1.29, 1.82) is 0 Å². The number of nitrogens with one attached hydrogen (secondary N) is 4. The molecule has 3 heterocycles. The number of aromatic nitrogens is 2. The Morgan fingerprint density at radius 3 is 2.68 bits per heavy atom. The number of anilines is 1. The third-order valence-electron chi connectivity index (χ3n) is 6.71. The summed E-state index contributed by atoms with van der Waals surface area (Å²) >= 11 is 12.7. The number of primary amides is 1. The zero-order valence-electron chi connectivity index (χ0n) is 20.5. The number of H-pyrrole nitrogens is 1. The molecule has 200 valence electrons. The maximum atomic E-state index is 13.3. The van der Waals surface area contributed by atoms with Gasteiger partial charge in [0.2, 0.25) is 5.95 Å². The van der Waals surface area contributed by atoms with E-state index in [-0.39, 0.29) is 21.6 Å². The molecule has 1 saturated heterocycles. The van der Waals surface area contributed by atoms with E-state index in [1.165, 1.54) is 6.34 Å². The lowest BCUT2D eigenvalue weighted by Gasteiger charge is -2.32. The highest BCUT2D eigenvalue weighted by molar-refractivity contribution is 6.37. The number of halogens is 2. The van der Waals surface area contributed by atoms with Gasteiger partial charge in [-0.05, 0) is 30.7 Å². The lowest BCUT2D eigenvalue weighted by molar-refractivity contribution is -0.129. The van der Waals surface area contributed by atoms with E-state index in [0.29, 0.717) is 23.4 Å². The first-order chi connectivity index (χ1) is 18.4. The number of carbonyl (C=O) groups excluding carboxylic acids is 2. The van der Waals surface area contributed by atoms with Crippen molar-refractivity contribution in [2.24, 2.45) is 10.7 Å². The summed E-state index contributed by atoms with van der Waals surface area (Å²) in [6.07, 6.45) is 2.18. The fraction of sp³-hybridized carbons (Fsp3) is 0.360. The molecule has 0 radical (unpaired) electrons. The van der Waals surface area contributed by atoms with Gasteiger partial charge in [-0.3, -0.25) is 19.9 Å². The molecule has 5 rings (SSSR count). The van der Waals surface area contributed by atoms with Gasteiger partial charge in [0, 0.05) is 54.4 Å². The summed E-state index contributed by atoms with van der Waals surface area (Å²) in [6.45, 7) is 5.76. The second-order valence-electron chi connectivity index (χ2n) is 9.14. The minimum Gasteiger partial charge on any atom is -0.493 e. The number of hydrogen-bond acceptors (Lipinski definition) is 8. The van der Waals surface area contributed by atoms with Gasteiger partial charge in [0.05, 0.1) is 24.0 Å². The van der Waals surface area contributed by atoms with Gasteiger partial charge in [0.15, 0.2) is 11.6 Å². The van der Waals surface area contributed by atoms with Gasteiger partial charge in [-0.25, -0.2) is 4.98 Å². The van der Waals surface area contributed by atoms with E-state index in [4.69, 9.17) is 33.7 Å². The molecule has 11 nitrogen and oxygen atoms in total. The van der Waals surface area contributed by atoms with Crippen molar-refractivity contribution in [3.63, 3.8) is 0 Å². The largest absolute Gasteiger partial charge is 0.493 e. The topological polar surface area (TPSA) is 150 Å². The number of fused-ring (bicyclic) bond motifs is 1. The summed E-state index contributed by atoms with van der Waals surface area (Å²) in [5.41, 5.74) is 5.50. The molecule has 6 N–H and O–H groups in total. The Morgan fingerprint density at radius 2 is 1.95 bits per heavy atom. The molecular formula is C25H28Cl2N8O3. The molecule has 2 aromatic carbocycles. The zero-order chi connectivity index (χ0) is 26.7. The molecule has 38 heavy (non-hydrogen) atoms. The zero-order valence-corrected chi connectivity index (χ0v) is 22.0. The van der Waals surface area contributed by atoms with Crippen molar-refractivity contribution in [3.8, 4) is 5.75 Å². The van der Waals surface area contributed by atoms with Crippen molar-refractivity contribution >= 4 is 58.3 Å². The summed E-state index contributed by atoms with van der Waals surface area (Å²) in [6, 6.07) is 8.95. The molecule has 0 aliphatic carbocycles. The van der Waals surface area contributed by atoms with Crippen molar-refractivity contribution in [2.75, 3.05) is 44.6 Å². The molecule has 0 saturated carbocycles. The fourth-order valence-electron chi connectivity index (χ4n) is 4.82. The molecular weight excluding hydrogens is 531 g/mol. The number of aliphatic imine (C=N–C) groups is 1. The summed E-state index contributed by atoms with van der Waals surface area (Å²) in [4.78, 5) is 40.1. The molecule has 0 spiro atoms. The fourth-order valence-corrected chi connectivity index (χ4v) is 5.51. The Balaban J connectivity index is 1.27. The van der Waals surface area contributed by atoms with Crippen LogP contribution in [0.15, 0.2) is 41.4 Å². The average molecular weight is 559 g/mol. The van der Waals surface area contributed by atoms with Gasteiger partial charge in [-0.2, -0.15) is 0 Å². The van der Waals surface area contributed by atoms with Crippen molar-refractivity contribution in [1.82, 2.24) is 25.5 Å². The molecule has 1 aromatic heterocycles. The van der Waals surface area contributed by atoms with Gasteiger partial charge < -0.3 is 31.0 Å². The smallest absolute Gasteiger partial charge is 0.254 e. The Morgan fingerprint density at radius 1 is 1.18 bits per heavy atom. The van der Waals surface area contributed by atoms with Gasteiger partial charge >= 0.3 is 0 Å². The van der Waals surface area contributed by atoms with Crippen LogP contribution in [0.2, 0.25) is 10.0 Å². The number of benzene rings is 2. The number of aromatic amines is 1. The second-order valence-corrected chi connectivity index (χ2v) is 9.96. The van der Waals surface area contributed by atoms with E-state index in [0.717, 1.165) is 39.1 Å².